The van der Waals surface area contributed by atoms with Crippen molar-refractivity contribution < 1.29 is 0 Å². The molecule has 2 aromatic heterocycles. The number of H-pyrrole nitrogens is 1. The Balaban J connectivity index is 1.40. The number of benzene rings is 4. The summed E-state index contributed by atoms with van der Waals surface area (Å²) < 4.78 is 0. The zero-order valence-electron chi connectivity index (χ0n) is 16.5. The molecule has 0 bridgehead atoms. The first-order valence-corrected chi connectivity index (χ1v) is 10.0. The van der Waals surface area contributed by atoms with Crippen molar-refractivity contribution in [3.63, 3.8) is 0 Å². The Labute approximate surface area is 178 Å². The Hall–Kier alpha value is -4.45. The van der Waals surface area contributed by atoms with Gasteiger partial charge in [0, 0.05) is 22.1 Å². The first-order chi connectivity index (χ1) is 15.3. The molecule has 4 aromatic carbocycles. The van der Waals surface area contributed by atoms with Crippen LogP contribution in [0.4, 0.5) is 23.1 Å². The molecule has 0 unspecified atom stereocenters. The topological polar surface area (TPSA) is 78.5 Å². The fourth-order valence-corrected chi connectivity index (χ4v) is 3.78. The lowest BCUT2D eigenvalue weighted by molar-refractivity contribution is 1.12. The predicted octanol–water partition coefficient (Wildman–Crippen LogP) is 6.15. The summed E-state index contributed by atoms with van der Waals surface area (Å²) >= 11 is 0. The standard InChI is InChI=1S/C25H18N6/c1-2-6-17-13-20(10-9-16(17)5-1)28-25-29-23-8-4-3-7-21(23)24(30-25)27-19-11-12-22-18(14-19)15-26-31-22/h1-15H,(H,26,31)(H2,27,28,29,30). The van der Waals surface area contributed by atoms with Crippen molar-refractivity contribution in [2.45, 2.75) is 0 Å². The molecule has 6 aromatic rings. The van der Waals surface area contributed by atoms with Gasteiger partial charge in [0.2, 0.25) is 5.95 Å². The highest BCUT2D eigenvalue weighted by atomic mass is 15.1. The van der Waals surface area contributed by atoms with Gasteiger partial charge in [-0.1, -0.05) is 42.5 Å². The zero-order valence-corrected chi connectivity index (χ0v) is 16.5. The molecule has 0 aliphatic carbocycles. The summed E-state index contributed by atoms with van der Waals surface area (Å²) in [7, 11) is 0. The van der Waals surface area contributed by atoms with E-state index in [1.54, 1.807) is 0 Å². The maximum absolute atomic E-state index is 4.78. The van der Waals surface area contributed by atoms with Crippen LogP contribution in [0.15, 0.2) is 91.1 Å². The molecular weight excluding hydrogens is 384 g/mol. The van der Waals surface area contributed by atoms with Crippen molar-refractivity contribution in [2.75, 3.05) is 10.6 Å². The average Bonchev–Trinajstić information content (AvgIpc) is 3.27. The highest BCUT2D eigenvalue weighted by Crippen LogP contribution is 2.28. The van der Waals surface area contributed by atoms with E-state index in [1.165, 1.54) is 10.8 Å². The summed E-state index contributed by atoms with van der Waals surface area (Å²) in [6.45, 7) is 0. The summed E-state index contributed by atoms with van der Waals surface area (Å²) in [5.41, 5.74) is 3.75. The molecule has 0 atom stereocenters. The van der Waals surface area contributed by atoms with E-state index in [0.29, 0.717) is 5.95 Å². The lowest BCUT2D eigenvalue weighted by Crippen LogP contribution is -2.02. The monoisotopic (exact) mass is 402 g/mol. The van der Waals surface area contributed by atoms with Gasteiger partial charge in [-0.25, -0.2) is 4.98 Å². The lowest BCUT2D eigenvalue weighted by Gasteiger charge is -2.12. The molecule has 0 aliphatic rings. The second-order valence-electron chi connectivity index (χ2n) is 7.40. The summed E-state index contributed by atoms with van der Waals surface area (Å²) in [5, 5.41) is 18.2. The van der Waals surface area contributed by atoms with Gasteiger partial charge in [-0.3, -0.25) is 5.10 Å². The van der Waals surface area contributed by atoms with Crippen molar-refractivity contribution in [2.24, 2.45) is 0 Å². The number of fused-ring (bicyclic) bond motifs is 3. The molecule has 148 valence electrons. The number of nitrogens with zero attached hydrogens (tertiary/aromatic N) is 3. The molecule has 31 heavy (non-hydrogen) atoms. The van der Waals surface area contributed by atoms with Crippen molar-refractivity contribution >= 4 is 55.7 Å². The molecule has 0 saturated heterocycles. The molecule has 6 heteroatoms. The van der Waals surface area contributed by atoms with E-state index in [9.17, 15) is 0 Å². The third-order valence-corrected chi connectivity index (χ3v) is 5.31. The number of hydrogen-bond acceptors (Lipinski definition) is 5. The van der Waals surface area contributed by atoms with Gasteiger partial charge in [-0.2, -0.15) is 10.1 Å². The van der Waals surface area contributed by atoms with E-state index in [0.717, 1.165) is 39.0 Å². The first kappa shape index (κ1) is 17.4. The van der Waals surface area contributed by atoms with Crippen molar-refractivity contribution in [1.29, 1.82) is 0 Å². The number of aromatic amines is 1. The quantitative estimate of drug-likeness (QED) is 0.330. The molecule has 0 saturated carbocycles. The smallest absolute Gasteiger partial charge is 0.229 e. The molecular formula is C25H18N6. The van der Waals surface area contributed by atoms with Gasteiger partial charge in [0.25, 0.3) is 0 Å². The van der Waals surface area contributed by atoms with E-state index in [-0.39, 0.29) is 0 Å². The van der Waals surface area contributed by atoms with Gasteiger partial charge in [0.1, 0.15) is 5.82 Å². The Bertz CT molecular complexity index is 1550. The number of anilines is 4. The molecule has 6 nitrogen and oxygen atoms in total. The van der Waals surface area contributed by atoms with Crippen LogP contribution in [0.5, 0.6) is 0 Å². The minimum Gasteiger partial charge on any atom is -0.340 e. The summed E-state index contributed by atoms with van der Waals surface area (Å²) in [5.74, 6) is 1.29. The van der Waals surface area contributed by atoms with Crippen LogP contribution in [0.25, 0.3) is 32.6 Å². The molecule has 0 fully saturated rings. The third-order valence-electron chi connectivity index (χ3n) is 5.31. The molecule has 3 N–H and O–H groups in total. The number of para-hydroxylation sites is 1. The van der Waals surface area contributed by atoms with Crippen LogP contribution in [-0.2, 0) is 0 Å². The fraction of sp³-hybridized carbons (Fsp3) is 0. The normalized spacial score (nSPS) is 11.2. The van der Waals surface area contributed by atoms with E-state index < -0.39 is 0 Å². The number of nitrogens with one attached hydrogen (secondary N) is 3. The molecule has 0 amide bonds. The van der Waals surface area contributed by atoms with Crippen LogP contribution in [0.1, 0.15) is 0 Å². The average molecular weight is 402 g/mol. The Morgan fingerprint density at radius 1 is 0.645 bits per heavy atom. The molecule has 6 rings (SSSR count). The van der Waals surface area contributed by atoms with E-state index in [2.05, 4.69) is 45.1 Å². The number of rotatable bonds is 4. The summed E-state index contributed by atoms with van der Waals surface area (Å²) in [4.78, 5) is 9.50. The van der Waals surface area contributed by atoms with E-state index >= 15 is 0 Å². The van der Waals surface area contributed by atoms with Crippen molar-refractivity contribution in [1.82, 2.24) is 20.2 Å². The third kappa shape index (κ3) is 3.30. The SMILES string of the molecule is c1ccc2cc(Nc3nc(Nc4ccc5[nH]ncc5c4)c4ccccc4n3)ccc2c1. The van der Waals surface area contributed by atoms with Crippen LogP contribution in [0, 0.1) is 0 Å². The second kappa shape index (κ2) is 7.11. The van der Waals surface area contributed by atoms with Crippen molar-refractivity contribution in [3.8, 4) is 0 Å². The second-order valence-corrected chi connectivity index (χ2v) is 7.40. The maximum Gasteiger partial charge on any atom is 0.229 e. The van der Waals surface area contributed by atoms with Crippen LogP contribution < -0.4 is 10.6 Å². The largest absolute Gasteiger partial charge is 0.340 e. The first-order valence-electron chi connectivity index (χ1n) is 10.0. The summed E-state index contributed by atoms with van der Waals surface area (Å²) in [6, 6.07) is 28.6. The van der Waals surface area contributed by atoms with Crippen LogP contribution in [0.3, 0.4) is 0 Å². The Morgan fingerprint density at radius 2 is 1.42 bits per heavy atom. The van der Waals surface area contributed by atoms with Gasteiger partial charge < -0.3 is 10.6 Å². The minimum absolute atomic E-state index is 0.542. The summed E-state index contributed by atoms with van der Waals surface area (Å²) in [6.07, 6.45) is 1.81. The van der Waals surface area contributed by atoms with Crippen molar-refractivity contribution in [3.05, 3.63) is 91.1 Å². The minimum atomic E-state index is 0.542. The van der Waals surface area contributed by atoms with Gasteiger partial charge in [0.15, 0.2) is 0 Å². The highest BCUT2D eigenvalue weighted by Gasteiger charge is 2.09. The lowest BCUT2D eigenvalue weighted by atomic mass is 10.1. The van der Waals surface area contributed by atoms with Gasteiger partial charge >= 0.3 is 0 Å². The number of aromatic nitrogens is 4. The molecule has 0 spiro atoms. The Morgan fingerprint density at radius 3 is 2.39 bits per heavy atom. The molecule has 0 radical (unpaired) electrons. The van der Waals surface area contributed by atoms with Gasteiger partial charge in [0.05, 0.1) is 17.2 Å². The Kier molecular flexibility index (Phi) is 3.99. The molecule has 2 heterocycles. The number of hydrogen-bond donors (Lipinski definition) is 3. The van der Waals surface area contributed by atoms with Crippen LogP contribution in [0.2, 0.25) is 0 Å². The zero-order chi connectivity index (χ0) is 20.6. The van der Waals surface area contributed by atoms with Gasteiger partial charge in [-0.05, 0) is 53.2 Å². The van der Waals surface area contributed by atoms with E-state index in [4.69, 9.17) is 9.97 Å². The predicted molar refractivity (Wildman–Crippen MR) is 126 cm³/mol. The van der Waals surface area contributed by atoms with Crippen LogP contribution >= 0.6 is 0 Å². The van der Waals surface area contributed by atoms with Crippen LogP contribution in [-0.4, -0.2) is 20.2 Å². The highest BCUT2D eigenvalue weighted by molar-refractivity contribution is 5.93. The molecule has 0 aliphatic heterocycles. The maximum atomic E-state index is 4.78. The van der Waals surface area contributed by atoms with Gasteiger partial charge in [-0.15, -0.1) is 0 Å². The van der Waals surface area contributed by atoms with E-state index in [1.807, 2.05) is 66.9 Å². The fourth-order valence-electron chi connectivity index (χ4n) is 3.78.